The van der Waals surface area contributed by atoms with E-state index in [-0.39, 0.29) is 18.7 Å². The maximum absolute atomic E-state index is 9.24. The zero-order valence-electron chi connectivity index (χ0n) is 10.9. The molecule has 2 rings (SSSR count). The van der Waals surface area contributed by atoms with Crippen molar-refractivity contribution in [1.29, 1.82) is 0 Å². The zero-order valence-corrected chi connectivity index (χ0v) is 12.4. The van der Waals surface area contributed by atoms with Gasteiger partial charge >= 0.3 is 0 Å². The molecule has 1 saturated heterocycles. The lowest BCUT2D eigenvalue weighted by Gasteiger charge is -2.28. The highest BCUT2D eigenvalue weighted by molar-refractivity contribution is 6.33. The molecule has 3 nitrogen and oxygen atoms in total. The Kier molecular flexibility index (Phi) is 5.48. The van der Waals surface area contributed by atoms with E-state index in [4.69, 9.17) is 27.9 Å². The van der Waals surface area contributed by atoms with Crippen LogP contribution in [0.5, 0.6) is 0 Å². The van der Waals surface area contributed by atoms with E-state index < -0.39 is 0 Å². The van der Waals surface area contributed by atoms with Gasteiger partial charge in [0.1, 0.15) is 0 Å². The first-order chi connectivity index (χ1) is 9.11. The summed E-state index contributed by atoms with van der Waals surface area (Å²) in [5, 5.41) is 14.0. The van der Waals surface area contributed by atoms with Gasteiger partial charge in [-0.3, -0.25) is 0 Å². The third-order valence-corrected chi connectivity index (χ3v) is 4.05. The minimum Gasteiger partial charge on any atom is -0.395 e. The number of hydrogen-bond acceptors (Lipinski definition) is 3. The smallest absolute Gasteiger partial charge is 0.0582 e. The molecule has 1 aliphatic rings. The van der Waals surface area contributed by atoms with Gasteiger partial charge in [-0.2, -0.15) is 0 Å². The van der Waals surface area contributed by atoms with Gasteiger partial charge in [0, 0.05) is 34.7 Å². The van der Waals surface area contributed by atoms with E-state index in [2.05, 4.69) is 5.32 Å². The molecule has 0 saturated carbocycles. The first-order valence-electron chi connectivity index (χ1n) is 6.51. The highest BCUT2D eigenvalue weighted by atomic mass is 35.5. The van der Waals surface area contributed by atoms with Gasteiger partial charge < -0.3 is 15.2 Å². The Balaban J connectivity index is 2.27. The third kappa shape index (κ3) is 3.83. The second-order valence-corrected chi connectivity index (χ2v) is 5.86. The fourth-order valence-corrected chi connectivity index (χ4v) is 2.82. The standard InChI is InChI=1S/C14H19Cl2NO2/c1-9(7-18)17-14(10-4-5-19-8-10)12-6-11(15)2-3-13(12)16/h2-3,6,9-10,14,17-18H,4-5,7-8H2,1H3/t9-,10?,14?/m1/s1. The molecule has 1 heterocycles. The second-order valence-electron chi connectivity index (χ2n) is 5.02. The van der Waals surface area contributed by atoms with Crippen LogP contribution in [-0.4, -0.2) is 31.0 Å². The molecule has 2 unspecified atom stereocenters. The van der Waals surface area contributed by atoms with Gasteiger partial charge in [0.05, 0.1) is 13.2 Å². The van der Waals surface area contributed by atoms with Crippen LogP contribution < -0.4 is 5.32 Å². The van der Waals surface area contributed by atoms with Crippen LogP contribution in [0.3, 0.4) is 0 Å². The van der Waals surface area contributed by atoms with Gasteiger partial charge in [0.2, 0.25) is 0 Å². The number of hydrogen-bond donors (Lipinski definition) is 2. The highest BCUT2D eigenvalue weighted by Gasteiger charge is 2.29. The van der Waals surface area contributed by atoms with Gasteiger partial charge in [-0.1, -0.05) is 23.2 Å². The topological polar surface area (TPSA) is 41.5 Å². The minimum atomic E-state index is 0.000600. The molecule has 0 spiro atoms. The molecule has 1 aliphatic heterocycles. The van der Waals surface area contributed by atoms with Crippen molar-refractivity contribution in [2.45, 2.75) is 25.4 Å². The van der Waals surface area contributed by atoms with Gasteiger partial charge in [-0.25, -0.2) is 0 Å². The zero-order chi connectivity index (χ0) is 13.8. The predicted molar refractivity (Wildman–Crippen MR) is 77.8 cm³/mol. The van der Waals surface area contributed by atoms with E-state index in [1.807, 2.05) is 19.1 Å². The number of ether oxygens (including phenoxy) is 1. The first kappa shape index (κ1) is 15.1. The molecule has 2 N–H and O–H groups in total. The molecule has 0 radical (unpaired) electrons. The summed E-state index contributed by atoms with van der Waals surface area (Å²) in [6.45, 7) is 3.51. The number of nitrogens with one attached hydrogen (secondary N) is 1. The van der Waals surface area contributed by atoms with Crippen molar-refractivity contribution in [3.63, 3.8) is 0 Å². The summed E-state index contributed by atoms with van der Waals surface area (Å²) in [5.41, 5.74) is 0.977. The molecule has 1 aromatic rings. The van der Waals surface area contributed by atoms with Crippen LogP contribution >= 0.6 is 23.2 Å². The highest BCUT2D eigenvalue weighted by Crippen LogP contribution is 2.34. The largest absolute Gasteiger partial charge is 0.395 e. The van der Waals surface area contributed by atoms with Crippen molar-refractivity contribution in [2.24, 2.45) is 5.92 Å². The quantitative estimate of drug-likeness (QED) is 0.878. The SMILES string of the molecule is C[C@H](CO)NC(c1cc(Cl)ccc1Cl)C1CCOC1. The molecule has 0 aliphatic carbocycles. The van der Waals surface area contributed by atoms with Crippen LogP contribution in [0, 0.1) is 5.92 Å². The number of benzene rings is 1. The fraction of sp³-hybridized carbons (Fsp3) is 0.571. The molecule has 0 aromatic heterocycles. The summed E-state index contributed by atoms with van der Waals surface area (Å²) < 4.78 is 5.47. The monoisotopic (exact) mass is 303 g/mol. The molecule has 3 atom stereocenters. The Bertz CT molecular complexity index is 422. The Morgan fingerprint density at radius 1 is 1.47 bits per heavy atom. The van der Waals surface area contributed by atoms with Crippen molar-refractivity contribution in [1.82, 2.24) is 5.32 Å². The molecule has 5 heteroatoms. The lowest BCUT2D eigenvalue weighted by Crippen LogP contribution is -2.37. The van der Waals surface area contributed by atoms with Crippen LogP contribution in [0.4, 0.5) is 0 Å². The maximum Gasteiger partial charge on any atom is 0.0582 e. The average Bonchev–Trinajstić information content (AvgIpc) is 2.92. The summed E-state index contributed by atoms with van der Waals surface area (Å²) in [6.07, 6.45) is 0.985. The van der Waals surface area contributed by atoms with E-state index >= 15 is 0 Å². The van der Waals surface area contributed by atoms with E-state index in [0.717, 1.165) is 18.6 Å². The molecule has 1 fully saturated rings. The number of halogens is 2. The Morgan fingerprint density at radius 3 is 2.89 bits per heavy atom. The van der Waals surface area contributed by atoms with E-state index in [1.165, 1.54) is 0 Å². The molecule has 19 heavy (non-hydrogen) atoms. The Labute approximate surface area is 123 Å². The first-order valence-corrected chi connectivity index (χ1v) is 7.27. The summed E-state index contributed by atoms with van der Waals surface area (Å²) in [5.74, 6) is 0.352. The lowest BCUT2D eigenvalue weighted by molar-refractivity contribution is 0.169. The molecular weight excluding hydrogens is 285 g/mol. The predicted octanol–water partition coefficient (Wildman–Crippen LogP) is 3.04. The van der Waals surface area contributed by atoms with E-state index in [0.29, 0.717) is 22.6 Å². The van der Waals surface area contributed by atoms with Crippen LogP contribution in [0.25, 0.3) is 0 Å². The molecule has 106 valence electrons. The summed E-state index contributed by atoms with van der Waals surface area (Å²) in [7, 11) is 0. The number of aliphatic hydroxyl groups is 1. The van der Waals surface area contributed by atoms with E-state index in [1.54, 1.807) is 6.07 Å². The van der Waals surface area contributed by atoms with Gasteiger partial charge in [-0.15, -0.1) is 0 Å². The van der Waals surface area contributed by atoms with Crippen molar-refractivity contribution in [3.8, 4) is 0 Å². The van der Waals surface area contributed by atoms with Crippen molar-refractivity contribution >= 4 is 23.2 Å². The van der Waals surface area contributed by atoms with Crippen LogP contribution in [0.2, 0.25) is 10.0 Å². The molecular formula is C14H19Cl2NO2. The summed E-state index contributed by atoms with van der Waals surface area (Å²) >= 11 is 12.4. The van der Waals surface area contributed by atoms with Crippen LogP contribution in [0.1, 0.15) is 24.9 Å². The number of aliphatic hydroxyl groups excluding tert-OH is 1. The van der Waals surface area contributed by atoms with Gasteiger partial charge in [-0.05, 0) is 37.1 Å². The normalized spacial score (nSPS) is 22.4. The number of rotatable bonds is 5. The van der Waals surface area contributed by atoms with Gasteiger partial charge in [0.25, 0.3) is 0 Å². The maximum atomic E-state index is 9.24. The van der Waals surface area contributed by atoms with Gasteiger partial charge in [0.15, 0.2) is 0 Å². The van der Waals surface area contributed by atoms with Crippen molar-refractivity contribution in [3.05, 3.63) is 33.8 Å². The minimum absolute atomic E-state index is 0.000600. The van der Waals surface area contributed by atoms with Crippen molar-refractivity contribution < 1.29 is 9.84 Å². The lowest BCUT2D eigenvalue weighted by atomic mass is 9.91. The Hall–Kier alpha value is -0.320. The van der Waals surface area contributed by atoms with E-state index in [9.17, 15) is 5.11 Å². The third-order valence-electron chi connectivity index (χ3n) is 3.47. The fourth-order valence-electron chi connectivity index (χ4n) is 2.41. The van der Waals surface area contributed by atoms with Crippen molar-refractivity contribution in [2.75, 3.05) is 19.8 Å². The molecule has 1 aromatic carbocycles. The van der Waals surface area contributed by atoms with Crippen LogP contribution in [-0.2, 0) is 4.74 Å². The second kappa shape index (κ2) is 6.91. The summed E-state index contributed by atoms with van der Waals surface area (Å²) in [6, 6.07) is 5.54. The average molecular weight is 304 g/mol. The molecule has 0 bridgehead atoms. The Morgan fingerprint density at radius 2 is 2.26 bits per heavy atom. The summed E-state index contributed by atoms with van der Waals surface area (Å²) in [4.78, 5) is 0. The molecule has 0 amide bonds. The van der Waals surface area contributed by atoms with Crippen LogP contribution in [0.15, 0.2) is 18.2 Å².